The van der Waals surface area contributed by atoms with Crippen LogP contribution < -0.4 is 4.74 Å². The van der Waals surface area contributed by atoms with Crippen LogP contribution in [0.4, 0.5) is 5.82 Å². The molecule has 28 heavy (non-hydrogen) atoms. The molecule has 0 unspecified atom stereocenters. The zero-order valence-electron chi connectivity index (χ0n) is 15.4. The highest BCUT2D eigenvalue weighted by Gasteiger charge is 2.39. The highest BCUT2D eigenvalue weighted by atomic mass is 16.7. The zero-order chi connectivity index (χ0) is 20.5. The van der Waals surface area contributed by atoms with E-state index in [4.69, 9.17) is 14.2 Å². The Morgan fingerprint density at radius 1 is 1.25 bits per heavy atom. The second-order valence-electron chi connectivity index (χ2n) is 6.45. The van der Waals surface area contributed by atoms with Crippen LogP contribution in [-0.2, 0) is 25.8 Å². The molecule has 2 aromatic rings. The Balaban J connectivity index is 1.83. The largest absolute Gasteiger partial charge is 0.469 e. The summed E-state index contributed by atoms with van der Waals surface area (Å²) in [5.74, 6) is -2.86. The first-order chi connectivity index (χ1) is 13.2. The fourth-order valence-corrected chi connectivity index (χ4v) is 2.51. The number of benzene rings is 1. The van der Waals surface area contributed by atoms with Crippen LogP contribution in [0.2, 0.25) is 0 Å². The first kappa shape index (κ1) is 19.1. The van der Waals surface area contributed by atoms with E-state index in [1.54, 1.807) is 31.2 Å². The van der Waals surface area contributed by atoms with Crippen LogP contribution in [0.5, 0.6) is 5.75 Å². The van der Waals surface area contributed by atoms with Crippen LogP contribution in [0.25, 0.3) is 6.08 Å². The number of carbonyl (C=O) groups is 2. The Morgan fingerprint density at radius 3 is 2.50 bits per heavy atom. The Morgan fingerprint density at radius 2 is 1.89 bits per heavy atom. The van der Waals surface area contributed by atoms with Crippen LogP contribution in [0.3, 0.4) is 0 Å². The number of ether oxygens (including phenoxy) is 3. The molecule has 0 spiro atoms. The van der Waals surface area contributed by atoms with Gasteiger partial charge in [0, 0.05) is 19.4 Å². The number of para-hydroxylation sites is 1. The minimum atomic E-state index is -1.33. The molecular weight excluding hydrogens is 370 g/mol. The molecule has 3 rings (SSSR count). The van der Waals surface area contributed by atoms with E-state index in [2.05, 4.69) is 5.10 Å². The minimum absolute atomic E-state index is 0.0955. The molecule has 2 heterocycles. The predicted octanol–water partition coefficient (Wildman–Crippen LogP) is 2.36. The number of esters is 2. The lowest BCUT2D eigenvalue weighted by Gasteiger charge is -2.29. The van der Waals surface area contributed by atoms with Crippen molar-refractivity contribution in [1.29, 1.82) is 0 Å². The summed E-state index contributed by atoms with van der Waals surface area (Å²) in [5.41, 5.74) is 0.718. The van der Waals surface area contributed by atoms with E-state index in [1.165, 1.54) is 30.7 Å². The number of aromatic nitrogens is 2. The summed E-state index contributed by atoms with van der Waals surface area (Å²) < 4.78 is 17.1. The van der Waals surface area contributed by atoms with Gasteiger partial charge in [0.15, 0.2) is 0 Å². The van der Waals surface area contributed by atoms with E-state index in [9.17, 15) is 19.7 Å². The maximum atomic E-state index is 12.1. The van der Waals surface area contributed by atoms with Gasteiger partial charge in [0.2, 0.25) is 6.73 Å². The Labute approximate surface area is 159 Å². The zero-order valence-corrected chi connectivity index (χ0v) is 15.4. The molecule has 0 saturated carbocycles. The molecule has 0 radical (unpaired) electrons. The van der Waals surface area contributed by atoms with Gasteiger partial charge in [-0.2, -0.15) is 0 Å². The van der Waals surface area contributed by atoms with Gasteiger partial charge in [0.05, 0.1) is 16.9 Å². The number of cyclic esters (lactones) is 2. The Hall–Kier alpha value is -3.69. The van der Waals surface area contributed by atoms with E-state index < -0.39 is 22.6 Å². The van der Waals surface area contributed by atoms with Crippen LogP contribution in [0, 0.1) is 17.0 Å². The van der Waals surface area contributed by atoms with Crippen LogP contribution >= 0.6 is 0 Å². The maximum Gasteiger partial charge on any atom is 0.390 e. The number of aryl methyl sites for hydroxylation is 1. The van der Waals surface area contributed by atoms with E-state index >= 15 is 0 Å². The number of nitro groups is 1. The summed E-state index contributed by atoms with van der Waals surface area (Å²) in [4.78, 5) is 34.5. The molecule has 0 atom stereocenters. The van der Waals surface area contributed by atoms with Crippen molar-refractivity contribution in [2.24, 2.45) is 0 Å². The lowest BCUT2D eigenvalue weighted by Crippen LogP contribution is -2.41. The second kappa shape index (κ2) is 7.14. The quantitative estimate of drug-likeness (QED) is 0.252. The number of carbonyl (C=O) groups excluding carboxylic acids is 2. The second-order valence-corrected chi connectivity index (χ2v) is 6.45. The van der Waals surface area contributed by atoms with Gasteiger partial charge < -0.3 is 24.3 Å². The molecule has 146 valence electrons. The van der Waals surface area contributed by atoms with E-state index in [0.717, 1.165) is 0 Å². The Kier molecular flexibility index (Phi) is 4.87. The molecule has 1 aromatic heterocycles. The van der Waals surface area contributed by atoms with Gasteiger partial charge in [-0.05, 0) is 24.0 Å². The Bertz CT molecular complexity index is 969. The maximum absolute atomic E-state index is 12.1. The van der Waals surface area contributed by atoms with E-state index in [1.807, 2.05) is 0 Å². The summed E-state index contributed by atoms with van der Waals surface area (Å²) in [6, 6.07) is 8.00. The monoisotopic (exact) mass is 387 g/mol. The van der Waals surface area contributed by atoms with E-state index in [0.29, 0.717) is 17.0 Å². The van der Waals surface area contributed by atoms with Crippen LogP contribution in [0.1, 0.15) is 25.1 Å². The van der Waals surface area contributed by atoms with Crippen LogP contribution in [0.15, 0.2) is 35.9 Å². The van der Waals surface area contributed by atoms with Gasteiger partial charge >= 0.3 is 17.8 Å². The molecule has 1 aliphatic heterocycles. The number of nitrogens with zero attached hydrogens (tertiary/aromatic N) is 3. The molecule has 1 saturated heterocycles. The van der Waals surface area contributed by atoms with Gasteiger partial charge in [0.25, 0.3) is 5.79 Å². The fraction of sp³-hybridized carbons (Fsp3) is 0.278. The van der Waals surface area contributed by atoms with Crippen molar-refractivity contribution in [2.45, 2.75) is 33.3 Å². The van der Waals surface area contributed by atoms with Crippen molar-refractivity contribution in [3.8, 4) is 5.75 Å². The van der Waals surface area contributed by atoms with Gasteiger partial charge in [0.1, 0.15) is 11.3 Å². The summed E-state index contributed by atoms with van der Waals surface area (Å²) >= 11 is 0. The third-order valence-electron chi connectivity index (χ3n) is 3.83. The van der Waals surface area contributed by atoms with Gasteiger partial charge in [-0.3, -0.25) is 0 Å². The first-order valence-corrected chi connectivity index (χ1v) is 8.25. The number of hydrogen-bond acceptors (Lipinski definition) is 8. The molecule has 10 heteroatoms. The standard InChI is InChI=1S/C18H17N3O7/c1-11-8-15(21(24)25)19-20(11)10-26-14-7-5-4-6-12(14)9-13-16(22)27-18(2,3)28-17(13)23/h4-9H,10H2,1-3H3. The summed E-state index contributed by atoms with van der Waals surface area (Å²) in [6.45, 7) is 4.49. The molecular formula is C18H17N3O7. The smallest absolute Gasteiger partial charge is 0.390 e. The third-order valence-corrected chi connectivity index (χ3v) is 3.83. The van der Waals surface area contributed by atoms with Crippen molar-refractivity contribution in [3.63, 3.8) is 0 Å². The predicted molar refractivity (Wildman–Crippen MR) is 94.9 cm³/mol. The summed E-state index contributed by atoms with van der Waals surface area (Å²) in [7, 11) is 0. The van der Waals surface area contributed by atoms with E-state index in [-0.39, 0.29) is 18.1 Å². The molecule has 0 N–H and O–H groups in total. The lowest BCUT2D eigenvalue weighted by molar-refractivity contribution is -0.389. The number of hydrogen-bond donors (Lipinski definition) is 0. The summed E-state index contributed by atoms with van der Waals surface area (Å²) in [5, 5.41) is 14.7. The summed E-state index contributed by atoms with van der Waals surface area (Å²) in [6.07, 6.45) is 1.31. The van der Waals surface area contributed by atoms with Crippen molar-refractivity contribution in [1.82, 2.24) is 9.78 Å². The van der Waals surface area contributed by atoms with Gasteiger partial charge in [-0.25, -0.2) is 9.59 Å². The minimum Gasteiger partial charge on any atom is -0.469 e. The fourth-order valence-electron chi connectivity index (χ4n) is 2.51. The average Bonchev–Trinajstić information content (AvgIpc) is 2.97. The average molecular weight is 387 g/mol. The topological polar surface area (TPSA) is 123 Å². The SMILES string of the molecule is Cc1cc([N+](=O)[O-])nn1COc1ccccc1C=C1C(=O)OC(C)(C)OC1=O. The molecule has 10 nitrogen and oxygen atoms in total. The molecule has 1 fully saturated rings. The lowest BCUT2D eigenvalue weighted by atomic mass is 10.1. The van der Waals surface area contributed by atoms with Crippen LogP contribution in [-0.4, -0.2) is 32.4 Å². The highest BCUT2D eigenvalue weighted by molar-refractivity contribution is 6.19. The van der Waals surface area contributed by atoms with Gasteiger partial charge in [-0.1, -0.05) is 18.2 Å². The molecule has 0 bridgehead atoms. The third kappa shape index (κ3) is 4.00. The van der Waals surface area contributed by atoms with Gasteiger partial charge in [-0.15, -0.1) is 4.68 Å². The number of rotatable bonds is 5. The first-order valence-electron chi connectivity index (χ1n) is 8.25. The van der Waals surface area contributed by atoms with Crippen molar-refractivity contribution in [3.05, 3.63) is 57.3 Å². The highest BCUT2D eigenvalue weighted by Crippen LogP contribution is 2.27. The molecule has 1 aromatic carbocycles. The molecule has 1 aliphatic rings. The molecule has 0 aliphatic carbocycles. The molecule has 0 amide bonds. The van der Waals surface area contributed by atoms with Crippen molar-refractivity contribution in [2.75, 3.05) is 0 Å². The van der Waals surface area contributed by atoms with Crippen molar-refractivity contribution < 1.29 is 28.7 Å². The van der Waals surface area contributed by atoms with Crippen molar-refractivity contribution >= 4 is 23.8 Å². The normalized spacial score (nSPS) is 15.6.